The van der Waals surface area contributed by atoms with E-state index in [2.05, 4.69) is 9.97 Å². The second-order valence-corrected chi connectivity index (χ2v) is 3.68. The summed E-state index contributed by atoms with van der Waals surface area (Å²) in [6, 6.07) is 2.13. The predicted molar refractivity (Wildman–Crippen MR) is 57.7 cm³/mol. The predicted octanol–water partition coefficient (Wildman–Crippen LogP) is 1.74. The van der Waals surface area contributed by atoms with Crippen molar-refractivity contribution < 1.29 is 14.2 Å². The highest BCUT2D eigenvalue weighted by atomic mass is 16.5. The first-order valence-electron chi connectivity index (χ1n) is 5.42. The highest BCUT2D eigenvalue weighted by Gasteiger charge is 2.19. The molecule has 1 aliphatic rings. The molecule has 88 valence electrons. The lowest BCUT2D eigenvalue weighted by Crippen LogP contribution is -2.13. The molecule has 0 amide bonds. The van der Waals surface area contributed by atoms with Crippen LogP contribution in [-0.2, 0) is 4.74 Å². The van der Waals surface area contributed by atoms with Crippen LogP contribution in [-0.4, -0.2) is 30.8 Å². The summed E-state index contributed by atoms with van der Waals surface area (Å²) in [4.78, 5) is 8.34. The van der Waals surface area contributed by atoms with Crippen molar-refractivity contribution in [3.05, 3.63) is 11.8 Å². The molecule has 0 bridgehead atoms. The van der Waals surface area contributed by atoms with Crippen molar-refractivity contribution >= 4 is 0 Å². The van der Waals surface area contributed by atoms with Gasteiger partial charge in [-0.05, 0) is 19.3 Å². The first-order valence-corrected chi connectivity index (χ1v) is 5.42. The van der Waals surface area contributed by atoms with Gasteiger partial charge in [-0.2, -0.15) is 9.97 Å². The average Bonchev–Trinajstić information content (AvgIpc) is 2.39. The third-order valence-electron chi connectivity index (χ3n) is 2.60. The van der Waals surface area contributed by atoms with E-state index in [1.165, 1.54) is 6.42 Å². The highest BCUT2D eigenvalue weighted by Crippen LogP contribution is 2.28. The molecule has 1 aromatic rings. The number of methoxy groups -OCH3 is 2. The molecule has 0 radical (unpaired) electrons. The topological polar surface area (TPSA) is 53.5 Å². The van der Waals surface area contributed by atoms with Crippen molar-refractivity contribution in [2.75, 3.05) is 20.8 Å². The molecule has 1 unspecified atom stereocenters. The van der Waals surface area contributed by atoms with E-state index in [0.717, 1.165) is 25.1 Å². The lowest BCUT2D eigenvalue weighted by atomic mass is 10.1. The molecular weight excluding hydrogens is 208 g/mol. The molecule has 1 aliphatic heterocycles. The molecule has 16 heavy (non-hydrogen) atoms. The van der Waals surface area contributed by atoms with Gasteiger partial charge in [0.25, 0.3) is 0 Å². The van der Waals surface area contributed by atoms with Crippen molar-refractivity contribution in [3.8, 4) is 11.9 Å². The zero-order valence-corrected chi connectivity index (χ0v) is 9.60. The number of aromatic nitrogens is 2. The van der Waals surface area contributed by atoms with Gasteiger partial charge in [-0.15, -0.1) is 0 Å². The Kier molecular flexibility index (Phi) is 3.56. The molecule has 0 spiro atoms. The molecule has 2 rings (SSSR count). The normalized spacial score (nSPS) is 20.5. The van der Waals surface area contributed by atoms with Gasteiger partial charge in [0.05, 0.1) is 26.0 Å². The van der Waals surface area contributed by atoms with Gasteiger partial charge in [0.2, 0.25) is 5.88 Å². The minimum atomic E-state index is 0.0412. The van der Waals surface area contributed by atoms with Crippen molar-refractivity contribution in [1.82, 2.24) is 9.97 Å². The first-order chi connectivity index (χ1) is 7.83. The lowest BCUT2D eigenvalue weighted by Gasteiger charge is -2.22. The SMILES string of the molecule is COc1cc(C2CCCCO2)nc(OC)n1. The minimum Gasteiger partial charge on any atom is -0.481 e. The van der Waals surface area contributed by atoms with Crippen LogP contribution >= 0.6 is 0 Å². The fraction of sp³-hybridized carbons (Fsp3) is 0.636. The van der Waals surface area contributed by atoms with Crippen LogP contribution < -0.4 is 9.47 Å². The molecule has 1 saturated heterocycles. The standard InChI is InChI=1S/C11H16N2O3/c1-14-10-7-8(12-11(13-10)15-2)9-5-3-4-6-16-9/h7,9H,3-6H2,1-2H3. The van der Waals surface area contributed by atoms with Crippen LogP contribution in [0.5, 0.6) is 11.9 Å². The number of rotatable bonds is 3. The zero-order chi connectivity index (χ0) is 11.4. The summed E-state index contributed by atoms with van der Waals surface area (Å²) in [6.45, 7) is 0.791. The number of hydrogen-bond acceptors (Lipinski definition) is 5. The molecule has 5 heteroatoms. The van der Waals surface area contributed by atoms with E-state index in [1.54, 1.807) is 20.3 Å². The van der Waals surface area contributed by atoms with E-state index >= 15 is 0 Å². The van der Waals surface area contributed by atoms with Crippen LogP contribution in [0.25, 0.3) is 0 Å². The third-order valence-corrected chi connectivity index (χ3v) is 2.60. The van der Waals surface area contributed by atoms with Gasteiger partial charge in [0.15, 0.2) is 0 Å². The zero-order valence-electron chi connectivity index (χ0n) is 9.60. The Hall–Kier alpha value is -1.36. The van der Waals surface area contributed by atoms with Gasteiger partial charge < -0.3 is 14.2 Å². The third kappa shape index (κ3) is 2.41. The number of nitrogens with zero attached hydrogens (tertiary/aromatic N) is 2. The smallest absolute Gasteiger partial charge is 0.319 e. The van der Waals surface area contributed by atoms with Gasteiger partial charge >= 0.3 is 6.01 Å². The molecule has 1 aromatic heterocycles. The van der Waals surface area contributed by atoms with Crippen molar-refractivity contribution in [2.45, 2.75) is 25.4 Å². The maximum atomic E-state index is 5.66. The molecule has 0 saturated carbocycles. The van der Waals surface area contributed by atoms with Gasteiger partial charge in [-0.1, -0.05) is 0 Å². The Morgan fingerprint density at radius 2 is 2.12 bits per heavy atom. The molecule has 2 heterocycles. The Labute approximate surface area is 94.8 Å². The number of ether oxygens (including phenoxy) is 3. The Balaban J connectivity index is 2.24. The molecule has 1 fully saturated rings. The van der Waals surface area contributed by atoms with Crippen molar-refractivity contribution in [2.24, 2.45) is 0 Å². The van der Waals surface area contributed by atoms with E-state index < -0.39 is 0 Å². The second kappa shape index (κ2) is 5.12. The Bertz CT molecular complexity index is 329. The van der Waals surface area contributed by atoms with Gasteiger partial charge in [-0.3, -0.25) is 0 Å². The van der Waals surface area contributed by atoms with Crippen LogP contribution in [0.15, 0.2) is 6.07 Å². The van der Waals surface area contributed by atoms with Crippen LogP contribution in [0.4, 0.5) is 0 Å². The number of hydrogen-bond donors (Lipinski definition) is 0. The minimum absolute atomic E-state index is 0.0412. The quantitative estimate of drug-likeness (QED) is 0.782. The summed E-state index contributed by atoms with van der Waals surface area (Å²) in [7, 11) is 3.12. The molecule has 0 aliphatic carbocycles. The highest BCUT2D eigenvalue weighted by molar-refractivity contribution is 5.20. The van der Waals surface area contributed by atoms with Crippen LogP contribution in [0.3, 0.4) is 0 Å². The van der Waals surface area contributed by atoms with Crippen LogP contribution in [0.1, 0.15) is 31.1 Å². The van der Waals surface area contributed by atoms with E-state index in [1.807, 2.05) is 0 Å². The van der Waals surface area contributed by atoms with Crippen LogP contribution in [0.2, 0.25) is 0 Å². The average molecular weight is 224 g/mol. The summed E-state index contributed by atoms with van der Waals surface area (Å²) in [6.07, 6.45) is 3.32. The van der Waals surface area contributed by atoms with Crippen molar-refractivity contribution in [1.29, 1.82) is 0 Å². The summed E-state index contributed by atoms with van der Waals surface area (Å²) in [5.41, 5.74) is 0.836. The molecule has 0 N–H and O–H groups in total. The van der Waals surface area contributed by atoms with Gasteiger partial charge in [0.1, 0.15) is 0 Å². The maximum absolute atomic E-state index is 5.66. The summed E-state index contributed by atoms with van der Waals surface area (Å²) in [5, 5.41) is 0. The molecule has 0 aromatic carbocycles. The van der Waals surface area contributed by atoms with E-state index in [0.29, 0.717) is 11.9 Å². The van der Waals surface area contributed by atoms with E-state index in [9.17, 15) is 0 Å². The fourth-order valence-corrected chi connectivity index (χ4v) is 1.76. The summed E-state index contributed by atoms with van der Waals surface area (Å²) < 4.78 is 15.8. The lowest BCUT2D eigenvalue weighted by molar-refractivity contribution is 0.0117. The molecule has 1 atom stereocenters. The maximum Gasteiger partial charge on any atom is 0.319 e. The van der Waals surface area contributed by atoms with Gasteiger partial charge in [0, 0.05) is 12.7 Å². The first kappa shape index (κ1) is 11.1. The monoisotopic (exact) mass is 224 g/mol. The summed E-state index contributed by atoms with van der Waals surface area (Å²) >= 11 is 0. The molecule has 5 nitrogen and oxygen atoms in total. The van der Waals surface area contributed by atoms with Gasteiger partial charge in [-0.25, -0.2) is 0 Å². The summed E-state index contributed by atoms with van der Waals surface area (Å²) in [5.74, 6) is 0.510. The van der Waals surface area contributed by atoms with E-state index in [4.69, 9.17) is 14.2 Å². The second-order valence-electron chi connectivity index (χ2n) is 3.68. The van der Waals surface area contributed by atoms with Crippen molar-refractivity contribution in [3.63, 3.8) is 0 Å². The van der Waals surface area contributed by atoms with Crippen LogP contribution in [0, 0.1) is 0 Å². The Morgan fingerprint density at radius 3 is 2.75 bits per heavy atom. The fourth-order valence-electron chi connectivity index (χ4n) is 1.76. The Morgan fingerprint density at radius 1 is 1.25 bits per heavy atom. The largest absolute Gasteiger partial charge is 0.481 e. The van der Waals surface area contributed by atoms with E-state index in [-0.39, 0.29) is 6.10 Å². The molecular formula is C11H16N2O3.